The van der Waals surface area contributed by atoms with Crippen LogP contribution in [-0.4, -0.2) is 19.8 Å². The van der Waals surface area contributed by atoms with Gasteiger partial charge >= 0.3 is 6.09 Å². The topological polar surface area (TPSA) is 47.6 Å². The van der Waals surface area contributed by atoms with Crippen molar-refractivity contribution in [1.29, 1.82) is 0 Å². The lowest BCUT2D eigenvalue weighted by atomic mass is 9.98. The number of nitrogens with one attached hydrogen (secondary N) is 1. The Bertz CT molecular complexity index is 403. The molecule has 4 heteroatoms. The highest BCUT2D eigenvalue weighted by molar-refractivity contribution is 5.68. The molecule has 1 heterocycles. The van der Waals surface area contributed by atoms with Gasteiger partial charge in [0.05, 0.1) is 19.8 Å². The normalized spacial score (nSPS) is 19.9. The fourth-order valence-electron chi connectivity index (χ4n) is 1.92. The van der Waals surface area contributed by atoms with E-state index in [2.05, 4.69) is 5.32 Å². The highest BCUT2D eigenvalue weighted by Crippen LogP contribution is 2.26. The number of aryl methyl sites for hydroxylation is 1. The smallest absolute Gasteiger partial charge is 0.407 e. The Morgan fingerprint density at radius 1 is 1.50 bits per heavy atom. The molecular formula is C12H15NO3. The number of carbonyl (C=O) groups excluding carboxylic acids is 1. The van der Waals surface area contributed by atoms with Crippen LogP contribution in [0.3, 0.4) is 0 Å². The van der Waals surface area contributed by atoms with E-state index in [4.69, 9.17) is 9.47 Å². The van der Waals surface area contributed by atoms with Crippen molar-refractivity contribution >= 4 is 6.09 Å². The van der Waals surface area contributed by atoms with Gasteiger partial charge in [0.2, 0.25) is 0 Å². The van der Waals surface area contributed by atoms with Gasteiger partial charge in [-0.05, 0) is 30.2 Å². The lowest BCUT2D eigenvalue weighted by molar-refractivity contribution is 0.115. The van der Waals surface area contributed by atoms with Crippen molar-refractivity contribution in [2.45, 2.75) is 19.4 Å². The molecule has 1 saturated heterocycles. The number of alkyl carbamates (subject to hydrolysis) is 1. The van der Waals surface area contributed by atoms with Crippen molar-refractivity contribution < 1.29 is 14.3 Å². The zero-order valence-corrected chi connectivity index (χ0v) is 9.45. The lowest BCUT2D eigenvalue weighted by Crippen LogP contribution is -2.35. The molecule has 86 valence electrons. The summed E-state index contributed by atoms with van der Waals surface area (Å²) in [4.78, 5) is 11.1. The summed E-state index contributed by atoms with van der Waals surface area (Å²) in [6.07, 6.45) is 0.463. The fraction of sp³-hybridized carbons (Fsp3) is 0.417. The van der Waals surface area contributed by atoms with E-state index in [0.717, 1.165) is 23.3 Å². The van der Waals surface area contributed by atoms with Crippen LogP contribution in [0, 0.1) is 6.92 Å². The molecule has 16 heavy (non-hydrogen) atoms. The molecule has 1 aromatic rings. The molecule has 2 rings (SSSR count). The molecule has 1 fully saturated rings. The van der Waals surface area contributed by atoms with Crippen LogP contribution in [0.5, 0.6) is 5.75 Å². The van der Waals surface area contributed by atoms with Gasteiger partial charge in [0.1, 0.15) is 5.75 Å². The Labute approximate surface area is 94.6 Å². The van der Waals surface area contributed by atoms with Gasteiger partial charge in [0.15, 0.2) is 0 Å². The summed E-state index contributed by atoms with van der Waals surface area (Å²) in [6.45, 7) is 2.49. The number of hydrogen-bond acceptors (Lipinski definition) is 3. The molecule has 1 atom stereocenters. The molecule has 1 aliphatic rings. The maximum absolute atomic E-state index is 11.1. The van der Waals surface area contributed by atoms with Crippen LogP contribution in [-0.2, 0) is 4.74 Å². The number of amides is 1. The molecule has 0 aliphatic carbocycles. The highest BCUT2D eigenvalue weighted by Gasteiger charge is 2.21. The minimum absolute atomic E-state index is 0.0483. The van der Waals surface area contributed by atoms with Gasteiger partial charge < -0.3 is 14.8 Å². The second-order valence-corrected chi connectivity index (χ2v) is 3.84. The number of rotatable bonds is 2. The van der Waals surface area contributed by atoms with Crippen LogP contribution in [0.25, 0.3) is 0 Å². The first kappa shape index (κ1) is 10.8. The zero-order chi connectivity index (χ0) is 11.5. The Kier molecular flexibility index (Phi) is 2.99. The molecule has 0 spiro atoms. The molecular weight excluding hydrogens is 206 g/mol. The maximum Gasteiger partial charge on any atom is 0.407 e. The number of ether oxygens (including phenoxy) is 2. The van der Waals surface area contributed by atoms with E-state index in [9.17, 15) is 4.79 Å². The third-order valence-electron chi connectivity index (χ3n) is 2.78. The SMILES string of the molecule is COc1ccc([C@@H]2CCOC(=O)N2)c(C)c1. The predicted octanol–water partition coefficient (Wildman–Crippen LogP) is 2.17. The van der Waals surface area contributed by atoms with Crippen molar-refractivity contribution in [3.8, 4) is 5.75 Å². The van der Waals surface area contributed by atoms with Crippen molar-refractivity contribution in [1.82, 2.24) is 5.32 Å². The van der Waals surface area contributed by atoms with Gasteiger partial charge in [-0.1, -0.05) is 6.07 Å². The standard InChI is InChI=1S/C12H15NO3/c1-8-7-9(15-2)3-4-10(8)11-5-6-16-12(14)13-11/h3-4,7,11H,5-6H2,1-2H3,(H,13,14)/t11-/m0/s1. The number of carbonyl (C=O) groups is 1. The minimum Gasteiger partial charge on any atom is -0.497 e. The predicted molar refractivity (Wildman–Crippen MR) is 59.6 cm³/mol. The number of methoxy groups -OCH3 is 1. The average Bonchev–Trinajstić information content (AvgIpc) is 2.28. The van der Waals surface area contributed by atoms with E-state index in [1.54, 1.807) is 7.11 Å². The highest BCUT2D eigenvalue weighted by atomic mass is 16.5. The molecule has 1 aliphatic heterocycles. The second kappa shape index (κ2) is 4.43. The molecule has 0 aromatic heterocycles. The Hall–Kier alpha value is -1.71. The van der Waals surface area contributed by atoms with E-state index in [1.165, 1.54) is 0 Å². The third-order valence-corrected chi connectivity index (χ3v) is 2.78. The summed E-state index contributed by atoms with van der Waals surface area (Å²) in [5, 5.41) is 2.81. The van der Waals surface area contributed by atoms with Gasteiger partial charge in [-0.2, -0.15) is 0 Å². The zero-order valence-electron chi connectivity index (χ0n) is 9.45. The Morgan fingerprint density at radius 3 is 2.94 bits per heavy atom. The second-order valence-electron chi connectivity index (χ2n) is 3.84. The van der Waals surface area contributed by atoms with Crippen LogP contribution in [0.1, 0.15) is 23.6 Å². The molecule has 1 aromatic carbocycles. The summed E-state index contributed by atoms with van der Waals surface area (Å²) in [5.74, 6) is 0.833. The lowest BCUT2D eigenvalue weighted by Gasteiger charge is -2.25. The number of hydrogen-bond donors (Lipinski definition) is 1. The van der Waals surface area contributed by atoms with Crippen molar-refractivity contribution in [2.24, 2.45) is 0 Å². The van der Waals surface area contributed by atoms with Crippen molar-refractivity contribution in [3.63, 3.8) is 0 Å². The van der Waals surface area contributed by atoms with Gasteiger partial charge in [0, 0.05) is 6.42 Å². The first-order chi connectivity index (χ1) is 7.70. The molecule has 0 radical (unpaired) electrons. The van der Waals surface area contributed by atoms with E-state index in [-0.39, 0.29) is 12.1 Å². The van der Waals surface area contributed by atoms with Crippen LogP contribution in [0.15, 0.2) is 18.2 Å². The molecule has 0 bridgehead atoms. The van der Waals surface area contributed by atoms with E-state index >= 15 is 0 Å². The molecule has 0 saturated carbocycles. The molecule has 0 unspecified atom stereocenters. The van der Waals surface area contributed by atoms with Gasteiger partial charge in [-0.15, -0.1) is 0 Å². The maximum atomic E-state index is 11.1. The summed E-state index contributed by atoms with van der Waals surface area (Å²) >= 11 is 0. The van der Waals surface area contributed by atoms with Crippen LogP contribution >= 0.6 is 0 Å². The quantitative estimate of drug-likeness (QED) is 0.832. The van der Waals surface area contributed by atoms with Gasteiger partial charge in [-0.3, -0.25) is 0 Å². The van der Waals surface area contributed by atoms with E-state index in [1.807, 2.05) is 25.1 Å². The van der Waals surface area contributed by atoms with Crippen LogP contribution in [0.4, 0.5) is 4.79 Å². The third kappa shape index (κ3) is 2.10. The summed E-state index contributed by atoms with van der Waals surface area (Å²) < 4.78 is 9.99. The minimum atomic E-state index is -0.341. The molecule has 1 amide bonds. The van der Waals surface area contributed by atoms with Crippen molar-refractivity contribution in [2.75, 3.05) is 13.7 Å². The van der Waals surface area contributed by atoms with E-state index < -0.39 is 0 Å². The largest absolute Gasteiger partial charge is 0.497 e. The number of benzene rings is 1. The summed E-state index contributed by atoms with van der Waals surface area (Å²) in [7, 11) is 1.64. The Morgan fingerprint density at radius 2 is 2.31 bits per heavy atom. The summed E-state index contributed by atoms with van der Waals surface area (Å²) in [5.41, 5.74) is 2.24. The van der Waals surface area contributed by atoms with Crippen LogP contribution in [0.2, 0.25) is 0 Å². The van der Waals surface area contributed by atoms with Crippen molar-refractivity contribution in [3.05, 3.63) is 29.3 Å². The monoisotopic (exact) mass is 221 g/mol. The average molecular weight is 221 g/mol. The molecule has 1 N–H and O–H groups in total. The summed E-state index contributed by atoms with van der Waals surface area (Å²) in [6, 6.07) is 5.91. The first-order valence-electron chi connectivity index (χ1n) is 5.28. The van der Waals surface area contributed by atoms with Gasteiger partial charge in [0.25, 0.3) is 0 Å². The number of cyclic esters (lactones) is 1. The van der Waals surface area contributed by atoms with E-state index in [0.29, 0.717) is 6.61 Å². The van der Waals surface area contributed by atoms with Crippen LogP contribution < -0.4 is 10.1 Å². The van der Waals surface area contributed by atoms with Gasteiger partial charge in [-0.25, -0.2) is 4.79 Å². The Balaban J connectivity index is 2.22. The fourth-order valence-corrected chi connectivity index (χ4v) is 1.92. The first-order valence-corrected chi connectivity index (χ1v) is 5.28. The molecule has 4 nitrogen and oxygen atoms in total.